The van der Waals surface area contributed by atoms with E-state index < -0.39 is 5.97 Å². The summed E-state index contributed by atoms with van der Waals surface area (Å²) in [6, 6.07) is 10.2. The molecule has 8 nitrogen and oxygen atoms in total. The Balaban J connectivity index is 0.000000636. The summed E-state index contributed by atoms with van der Waals surface area (Å²) in [5, 5.41) is 8.38. The third kappa shape index (κ3) is 4.82. The van der Waals surface area contributed by atoms with Crippen molar-refractivity contribution in [1.82, 2.24) is 14.5 Å². The first-order valence-electron chi connectivity index (χ1n) is 11.5. The van der Waals surface area contributed by atoms with Gasteiger partial charge in [0.05, 0.1) is 18.1 Å². The molecule has 2 aromatic heterocycles. The molecule has 1 aliphatic carbocycles. The molecule has 4 N–H and O–H groups in total. The number of methoxy groups -OCH3 is 1. The van der Waals surface area contributed by atoms with E-state index in [0.717, 1.165) is 66.0 Å². The summed E-state index contributed by atoms with van der Waals surface area (Å²) in [6.45, 7) is 2.49. The average Bonchev–Trinajstić information content (AvgIpc) is 3.18. The molecule has 0 aliphatic heterocycles. The molecule has 0 atom stereocenters. The second kappa shape index (κ2) is 10.1. The van der Waals surface area contributed by atoms with Crippen molar-refractivity contribution in [3.05, 3.63) is 58.0 Å². The first kappa shape index (κ1) is 23.5. The van der Waals surface area contributed by atoms with Gasteiger partial charge >= 0.3 is 0 Å². The van der Waals surface area contributed by atoms with Crippen LogP contribution in [0.3, 0.4) is 0 Å². The van der Waals surface area contributed by atoms with E-state index in [-0.39, 0.29) is 5.56 Å². The van der Waals surface area contributed by atoms with Crippen molar-refractivity contribution in [3.63, 3.8) is 0 Å². The van der Waals surface area contributed by atoms with Crippen LogP contribution in [0.4, 0.5) is 0 Å². The smallest absolute Gasteiger partial charge is 0.300 e. The molecule has 0 saturated carbocycles. The molecule has 2 heterocycles. The highest BCUT2D eigenvalue weighted by Crippen LogP contribution is 2.32. The highest BCUT2D eigenvalue weighted by Gasteiger charge is 2.18. The van der Waals surface area contributed by atoms with E-state index in [9.17, 15) is 4.79 Å². The van der Waals surface area contributed by atoms with E-state index in [4.69, 9.17) is 25.4 Å². The van der Waals surface area contributed by atoms with Gasteiger partial charge in [0.2, 0.25) is 0 Å². The fourth-order valence-corrected chi connectivity index (χ4v) is 4.54. The van der Waals surface area contributed by atoms with E-state index in [1.807, 2.05) is 24.4 Å². The maximum Gasteiger partial charge on any atom is 0.300 e. The Bertz CT molecular complexity index is 1400. The molecule has 2 aromatic carbocycles. The number of aliphatic carboxylic acids is 1. The Morgan fingerprint density at radius 3 is 2.59 bits per heavy atom. The first-order chi connectivity index (χ1) is 16.4. The molecule has 0 amide bonds. The van der Waals surface area contributed by atoms with Gasteiger partial charge in [-0.15, -0.1) is 0 Å². The maximum atomic E-state index is 13.0. The van der Waals surface area contributed by atoms with Crippen molar-refractivity contribution in [1.29, 1.82) is 0 Å². The van der Waals surface area contributed by atoms with Gasteiger partial charge < -0.3 is 25.1 Å². The zero-order valence-electron chi connectivity index (χ0n) is 19.6. The predicted molar refractivity (Wildman–Crippen MR) is 133 cm³/mol. The molecule has 34 heavy (non-hydrogen) atoms. The summed E-state index contributed by atoms with van der Waals surface area (Å²) in [6.07, 6.45) is 7.45. The lowest BCUT2D eigenvalue weighted by Crippen LogP contribution is -2.13. The Hall–Kier alpha value is -3.65. The number of nitrogens with one attached hydrogen (secondary N) is 1. The monoisotopic (exact) mass is 462 g/mol. The summed E-state index contributed by atoms with van der Waals surface area (Å²) in [4.78, 5) is 29.9. The largest absolute Gasteiger partial charge is 0.497 e. The molecule has 8 heteroatoms. The SMILES string of the molecule is CC(=O)O.COc1ccc2c(c1)c(-c1nc3cc4c(cc3[nH]c1=O)CCCC4)cn2CCCN. The van der Waals surface area contributed by atoms with Gasteiger partial charge in [-0.2, -0.15) is 0 Å². The number of carboxylic acid groups (broad SMARTS) is 1. The summed E-state index contributed by atoms with van der Waals surface area (Å²) in [5.41, 5.74) is 12.2. The number of hydrogen-bond acceptors (Lipinski definition) is 5. The quantitative estimate of drug-likeness (QED) is 0.414. The van der Waals surface area contributed by atoms with Crippen LogP contribution in [0.15, 0.2) is 41.3 Å². The summed E-state index contributed by atoms with van der Waals surface area (Å²) in [5.74, 6) is -0.0772. The molecule has 0 saturated heterocycles. The average molecular weight is 463 g/mol. The number of hydrogen-bond donors (Lipinski definition) is 3. The minimum atomic E-state index is -0.833. The molecular weight excluding hydrogens is 432 g/mol. The number of rotatable bonds is 5. The highest BCUT2D eigenvalue weighted by atomic mass is 16.5. The van der Waals surface area contributed by atoms with Crippen LogP contribution >= 0.6 is 0 Å². The lowest BCUT2D eigenvalue weighted by Gasteiger charge is -2.16. The van der Waals surface area contributed by atoms with Gasteiger partial charge in [-0.3, -0.25) is 9.59 Å². The molecule has 0 unspecified atom stereocenters. The predicted octanol–water partition coefficient (Wildman–Crippen LogP) is 3.87. The van der Waals surface area contributed by atoms with E-state index in [2.05, 4.69) is 21.7 Å². The van der Waals surface area contributed by atoms with Crippen LogP contribution < -0.4 is 16.0 Å². The second-order valence-corrected chi connectivity index (χ2v) is 8.54. The van der Waals surface area contributed by atoms with Gasteiger partial charge in [0.1, 0.15) is 11.4 Å². The molecule has 178 valence electrons. The normalized spacial score (nSPS) is 12.8. The third-order valence-corrected chi connectivity index (χ3v) is 6.10. The molecule has 0 bridgehead atoms. The Labute approximate surface area is 197 Å². The molecule has 1 aliphatic rings. The van der Waals surface area contributed by atoms with Crippen molar-refractivity contribution in [2.24, 2.45) is 5.73 Å². The van der Waals surface area contributed by atoms with Gasteiger partial charge in [0.25, 0.3) is 11.5 Å². The van der Waals surface area contributed by atoms with Crippen LogP contribution in [-0.4, -0.2) is 39.3 Å². The number of ether oxygens (including phenoxy) is 1. The van der Waals surface area contributed by atoms with Gasteiger partial charge in [0, 0.05) is 36.1 Å². The first-order valence-corrected chi connectivity index (χ1v) is 11.5. The fraction of sp³-hybridized carbons (Fsp3) is 0.346. The number of H-pyrrole nitrogens is 1. The third-order valence-electron chi connectivity index (χ3n) is 6.10. The highest BCUT2D eigenvalue weighted by molar-refractivity contribution is 5.96. The zero-order valence-corrected chi connectivity index (χ0v) is 19.6. The van der Waals surface area contributed by atoms with Crippen molar-refractivity contribution in [2.45, 2.75) is 45.6 Å². The van der Waals surface area contributed by atoms with Crippen LogP contribution in [0.1, 0.15) is 37.3 Å². The molecule has 4 aromatic rings. The molecule has 0 radical (unpaired) electrons. The number of fused-ring (bicyclic) bond motifs is 3. The van der Waals surface area contributed by atoms with Crippen molar-refractivity contribution in [3.8, 4) is 17.0 Å². The van der Waals surface area contributed by atoms with E-state index in [1.54, 1.807) is 7.11 Å². The van der Waals surface area contributed by atoms with Gasteiger partial charge in [-0.25, -0.2) is 4.98 Å². The summed E-state index contributed by atoms with van der Waals surface area (Å²) in [7, 11) is 1.65. The second-order valence-electron chi connectivity index (χ2n) is 8.54. The van der Waals surface area contributed by atoms with Crippen LogP contribution in [0.5, 0.6) is 5.75 Å². The molecular formula is C26H30N4O4. The maximum absolute atomic E-state index is 13.0. The molecule has 5 rings (SSSR count). The Kier molecular flexibility index (Phi) is 6.98. The summed E-state index contributed by atoms with van der Waals surface area (Å²) < 4.78 is 7.58. The summed E-state index contributed by atoms with van der Waals surface area (Å²) >= 11 is 0. The van der Waals surface area contributed by atoms with Crippen molar-refractivity contribution in [2.75, 3.05) is 13.7 Å². The number of aromatic amines is 1. The van der Waals surface area contributed by atoms with Crippen LogP contribution in [-0.2, 0) is 24.2 Å². The van der Waals surface area contributed by atoms with E-state index >= 15 is 0 Å². The lowest BCUT2D eigenvalue weighted by molar-refractivity contribution is -0.134. The molecule has 0 spiro atoms. The number of carbonyl (C=O) groups is 1. The number of aromatic nitrogens is 3. The topological polar surface area (TPSA) is 123 Å². The van der Waals surface area contributed by atoms with Gasteiger partial charge in [-0.05, 0) is 80.1 Å². The Morgan fingerprint density at radius 1 is 1.21 bits per heavy atom. The van der Waals surface area contributed by atoms with Crippen LogP contribution in [0.25, 0.3) is 33.2 Å². The van der Waals surface area contributed by atoms with Crippen molar-refractivity contribution < 1.29 is 14.6 Å². The van der Waals surface area contributed by atoms with Gasteiger partial charge in [-0.1, -0.05) is 0 Å². The number of benzene rings is 2. The van der Waals surface area contributed by atoms with Crippen LogP contribution in [0.2, 0.25) is 0 Å². The van der Waals surface area contributed by atoms with E-state index in [1.165, 1.54) is 24.0 Å². The lowest BCUT2D eigenvalue weighted by atomic mass is 9.91. The van der Waals surface area contributed by atoms with Gasteiger partial charge in [0.15, 0.2) is 0 Å². The number of aryl methyl sites for hydroxylation is 3. The number of nitrogens with two attached hydrogens (primary N) is 1. The fourth-order valence-electron chi connectivity index (χ4n) is 4.54. The Morgan fingerprint density at radius 2 is 1.91 bits per heavy atom. The minimum Gasteiger partial charge on any atom is -0.497 e. The number of carboxylic acids is 1. The standard InChI is InChI=1S/C24H26N4O2.C2H4O2/c1-30-17-7-8-22-18(13-17)19(14-28(22)10-4-9-25)23-24(29)27-21-12-16-6-3-2-5-15(16)11-20(21)26-23;1-2(3)4/h7-8,11-14H,2-6,9-10,25H2,1H3,(H,27,29);1H3,(H,3,4). The number of nitrogens with zero attached hydrogens (tertiary/aromatic N) is 2. The van der Waals surface area contributed by atoms with Crippen molar-refractivity contribution >= 4 is 27.9 Å². The van der Waals surface area contributed by atoms with Crippen LogP contribution in [0, 0.1) is 0 Å². The van der Waals surface area contributed by atoms with E-state index in [0.29, 0.717) is 12.2 Å². The molecule has 0 fully saturated rings. The zero-order chi connectivity index (χ0) is 24.2. The minimum absolute atomic E-state index is 0.168.